The molecule has 4 heteroatoms. The summed E-state index contributed by atoms with van der Waals surface area (Å²) in [7, 11) is 0. The van der Waals surface area contributed by atoms with Gasteiger partial charge < -0.3 is 11.1 Å². The van der Waals surface area contributed by atoms with E-state index in [1.807, 2.05) is 6.20 Å². The maximum absolute atomic E-state index is 5.58. The SMILES string of the molecule is Nc1ncc2c(n1)CC(C1CC1)NC2. The summed E-state index contributed by atoms with van der Waals surface area (Å²) in [6.45, 7) is 0.900. The van der Waals surface area contributed by atoms with Crippen LogP contribution >= 0.6 is 0 Å². The molecule has 4 nitrogen and oxygen atoms in total. The van der Waals surface area contributed by atoms with E-state index in [0.29, 0.717) is 12.0 Å². The van der Waals surface area contributed by atoms with Crippen molar-refractivity contribution in [1.29, 1.82) is 0 Å². The number of anilines is 1. The van der Waals surface area contributed by atoms with Crippen molar-refractivity contribution in [2.45, 2.75) is 31.8 Å². The van der Waals surface area contributed by atoms with Crippen LogP contribution in [0.15, 0.2) is 6.20 Å². The fourth-order valence-corrected chi connectivity index (χ4v) is 2.14. The van der Waals surface area contributed by atoms with Gasteiger partial charge in [0.15, 0.2) is 0 Å². The number of aromatic nitrogens is 2. The molecular formula is C10H14N4. The summed E-state index contributed by atoms with van der Waals surface area (Å²) < 4.78 is 0. The molecule has 74 valence electrons. The smallest absolute Gasteiger partial charge is 0.220 e. The fraction of sp³-hybridized carbons (Fsp3) is 0.600. The van der Waals surface area contributed by atoms with Crippen LogP contribution in [-0.4, -0.2) is 16.0 Å². The molecule has 0 aromatic carbocycles. The van der Waals surface area contributed by atoms with Crippen LogP contribution in [0.1, 0.15) is 24.1 Å². The van der Waals surface area contributed by atoms with Crippen molar-refractivity contribution in [2.24, 2.45) is 5.92 Å². The minimum absolute atomic E-state index is 0.403. The predicted molar refractivity (Wildman–Crippen MR) is 53.5 cm³/mol. The van der Waals surface area contributed by atoms with Gasteiger partial charge in [0.2, 0.25) is 5.95 Å². The molecule has 1 saturated carbocycles. The topological polar surface area (TPSA) is 63.8 Å². The number of nitrogens with one attached hydrogen (secondary N) is 1. The van der Waals surface area contributed by atoms with E-state index in [0.717, 1.165) is 24.6 Å². The molecule has 14 heavy (non-hydrogen) atoms. The first-order chi connectivity index (χ1) is 6.83. The van der Waals surface area contributed by atoms with Crippen molar-refractivity contribution >= 4 is 5.95 Å². The van der Waals surface area contributed by atoms with Crippen molar-refractivity contribution < 1.29 is 0 Å². The third-order valence-electron chi connectivity index (χ3n) is 3.13. The summed E-state index contributed by atoms with van der Waals surface area (Å²) in [5.74, 6) is 1.28. The van der Waals surface area contributed by atoms with Gasteiger partial charge in [0.1, 0.15) is 0 Å². The lowest BCUT2D eigenvalue weighted by Gasteiger charge is -2.24. The molecule has 2 aliphatic rings. The van der Waals surface area contributed by atoms with Crippen LogP contribution in [0.2, 0.25) is 0 Å². The molecule has 0 spiro atoms. The number of hydrogen-bond acceptors (Lipinski definition) is 4. The number of nitrogens with zero attached hydrogens (tertiary/aromatic N) is 2. The van der Waals surface area contributed by atoms with Gasteiger partial charge in [-0.15, -0.1) is 0 Å². The first-order valence-electron chi connectivity index (χ1n) is 5.16. The summed E-state index contributed by atoms with van der Waals surface area (Å²) in [6, 6.07) is 0.622. The third kappa shape index (κ3) is 1.35. The number of nitrogens with two attached hydrogens (primary N) is 1. The standard InChI is InChI=1S/C10H14N4/c11-10-13-5-7-4-12-8(6-1-2-6)3-9(7)14-10/h5-6,8,12H,1-4H2,(H2,11,13,14). The third-order valence-corrected chi connectivity index (χ3v) is 3.13. The Hall–Kier alpha value is -1.16. The van der Waals surface area contributed by atoms with Crippen LogP contribution in [0.4, 0.5) is 5.95 Å². The number of hydrogen-bond donors (Lipinski definition) is 2. The lowest BCUT2D eigenvalue weighted by atomic mass is 9.99. The van der Waals surface area contributed by atoms with Crippen molar-refractivity contribution in [1.82, 2.24) is 15.3 Å². The van der Waals surface area contributed by atoms with E-state index < -0.39 is 0 Å². The van der Waals surface area contributed by atoms with Crippen molar-refractivity contribution in [3.8, 4) is 0 Å². The summed E-state index contributed by atoms with van der Waals surface area (Å²) in [5, 5.41) is 3.54. The first kappa shape index (κ1) is 8.17. The maximum Gasteiger partial charge on any atom is 0.220 e. The van der Waals surface area contributed by atoms with Gasteiger partial charge in [-0.05, 0) is 18.8 Å². The summed E-state index contributed by atoms with van der Waals surface area (Å²) >= 11 is 0. The van der Waals surface area contributed by atoms with Crippen molar-refractivity contribution in [3.63, 3.8) is 0 Å². The molecule has 3 N–H and O–H groups in total. The summed E-state index contributed by atoms with van der Waals surface area (Å²) in [5.41, 5.74) is 7.93. The highest BCUT2D eigenvalue weighted by molar-refractivity contribution is 5.28. The Morgan fingerprint density at radius 2 is 2.29 bits per heavy atom. The molecular weight excluding hydrogens is 176 g/mol. The number of rotatable bonds is 1. The highest BCUT2D eigenvalue weighted by Crippen LogP contribution is 2.35. The van der Waals surface area contributed by atoms with Crippen molar-refractivity contribution in [2.75, 3.05) is 5.73 Å². The molecule has 1 aliphatic carbocycles. The molecule has 1 aliphatic heterocycles. The quantitative estimate of drug-likeness (QED) is 0.676. The summed E-state index contributed by atoms with van der Waals surface area (Å²) in [6.07, 6.45) is 5.60. The molecule has 1 atom stereocenters. The van der Waals surface area contributed by atoms with Gasteiger partial charge in [0, 0.05) is 30.8 Å². The Morgan fingerprint density at radius 3 is 3.07 bits per heavy atom. The lowest BCUT2D eigenvalue weighted by Crippen LogP contribution is -2.37. The Morgan fingerprint density at radius 1 is 1.43 bits per heavy atom. The highest BCUT2D eigenvalue weighted by Gasteiger charge is 2.33. The van der Waals surface area contributed by atoms with Gasteiger partial charge in [-0.2, -0.15) is 0 Å². The van der Waals surface area contributed by atoms with Gasteiger partial charge in [-0.25, -0.2) is 9.97 Å². The maximum atomic E-state index is 5.58. The minimum Gasteiger partial charge on any atom is -0.368 e. The van der Waals surface area contributed by atoms with Crippen LogP contribution in [0.5, 0.6) is 0 Å². The van der Waals surface area contributed by atoms with E-state index in [1.165, 1.54) is 18.4 Å². The normalized spacial score (nSPS) is 25.9. The molecule has 0 bridgehead atoms. The second-order valence-electron chi connectivity index (χ2n) is 4.23. The van der Waals surface area contributed by atoms with Crippen LogP contribution in [0, 0.1) is 5.92 Å². The van der Waals surface area contributed by atoms with E-state index in [4.69, 9.17) is 5.73 Å². The summed E-state index contributed by atoms with van der Waals surface area (Å²) in [4.78, 5) is 8.31. The van der Waals surface area contributed by atoms with Gasteiger partial charge in [0.05, 0.1) is 5.69 Å². The van der Waals surface area contributed by atoms with Crippen LogP contribution in [-0.2, 0) is 13.0 Å². The van der Waals surface area contributed by atoms with E-state index >= 15 is 0 Å². The zero-order chi connectivity index (χ0) is 9.54. The van der Waals surface area contributed by atoms with Gasteiger partial charge in [-0.3, -0.25) is 0 Å². The molecule has 1 aromatic rings. The highest BCUT2D eigenvalue weighted by atomic mass is 15.0. The molecule has 3 rings (SSSR count). The Labute approximate surface area is 82.9 Å². The molecule has 0 saturated heterocycles. The molecule has 2 heterocycles. The average molecular weight is 190 g/mol. The Balaban J connectivity index is 1.88. The minimum atomic E-state index is 0.403. The fourth-order valence-electron chi connectivity index (χ4n) is 2.14. The molecule has 0 amide bonds. The van der Waals surface area contributed by atoms with Crippen molar-refractivity contribution in [3.05, 3.63) is 17.5 Å². The largest absolute Gasteiger partial charge is 0.368 e. The first-order valence-corrected chi connectivity index (χ1v) is 5.16. The Bertz CT molecular complexity index is 359. The Kier molecular flexibility index (Phi) is 1.70. The second kappa shape index (κ2) is 2.92. The lowest BCUT2D eigenvalue weighted by molar-refractivity contribution is 0.428. The molecule has 1 aromatic heterocycles. The van der Waals surface area contributed by atoms with E-state index in [-0.39, 0.29) is 0 Å². The van der Waals surface area contributed by atoms with Crippen LogP contribution < -0.4 is 11.1 Å². The van der Waals surface area contributed by atoms with Gasteiger partial charge in [-0.1, -0.05) is 0 Å². The zero-order valence-corrected chi connectivity index (χ0v) is 8.03. The van der Waals surface area contributed by atoms with Crippen LogP contribution in [0.3, 0.4) is 0 Å². The monoisotopic (exact) mass is 190 g/mol. The van der Waals surface area contributed by atoms with E-state index in [1.54, 1.807) is 0 Å². The van der Waals surface area contributed by atoms with E-state index in [2.05, 4.69) is 15.3 Å². The van der Waals surface area contributed by atoms with Gasteiger partial charge in [0.25, 0.3) is 0 Å². The number of fused-ring (bicyclic) bond motifs is 1. The number of nitrogen functional groups attached to an aromatic ring is 1. The predicted octanol–water partition coefficient (Wildman–Crippen LogP) is 0.483. The average Bonchev–Trinajstić information content (AvgIpc) is 3.00. The second-order valence-corrected chi connectivity index (χ2v) is 4.23. The van der Waals surface area contributed by atoms with E-state index in [9.17, 15) is 0 Å². The van der Waals surface area contributed by atoms with Gasteiger partial charge >= 0.3 is 0 Å². The molecule has 1 unspecified atom stereocenters. The van der Waals surface area contributed by atoms with Crippen LogP contribution in [0.25, 0.3) is 0 Å². The zero-order valence-electron chi connectivity index (χ0n) is 8.03. The molecule has 0 radical (unpaired) electrons. The molecule has 1 fully saturated rings.